The summed E-state index contributed by atoms with van der Waals surface area (Å²) in [5, 5.41) is 10.8. The van der Waals surface area contributed by atoms with Crippen molar-refractivity contribution in [3.05, 3.63) is 47.7 Å². The van der Waals surface area contributed by atoms with Gasteiger partial charge >= 0.3 is 0 Å². The quantitative estimate of drug-likeness (QED) is 0.704. The van der Waals surface area contributed by atoms with E-state index >= 15 is 0 Å². The molecule has 2 aromatic carbocycles. The lowest BCUT2D eigenvalue weighted by molar-refractivity contribution is 0.103. The van der Waals surface area contributed by atoms with E-state index < -0.39 is 0 Å². The lowest BCUT2D eigenvalue weighted by Crippen LogP contribution is -2.02. The minimum Gasteiger partial charge on any atom is -0.504 e. The number of phenols is 1. The van der Waals surface area contributed by atoms with E-state index in [0.29, 0.717) is 22.6 Å². The molecule has 6 nitrogen and oxygen atoms in total. The summed E-state index contributed by atoms with van der Waals surface area (Å²) in [5.74, 6) is 0.739. The molecule has 124 valence electrons. The first kappa shape index (κ1) is 15.7. The van der Waals surface area contributed by atoms with E-state index in [1.54, 1.807) is 25.4 Å². The number of fused-ring (bicyclic) bond motifs is 1. The number of aromatic amines is 1. The summed E-state index contributed by atoms with van der Waals surface area (Å²) in [4.78, 5) is 15.9. The molecule has 24 heavy (non-hydrogen) atoms. The zero-order valence-electron chi connectivity index (χ0n) is 13.5. The van der Waals surface area contributed by atoms with Crippen LogP contribution in [0.3, 0.4) is 0 Å². The molecule has 0 saturated heterocycles. The average molecular weight is 327 g/mol. The number of ketones is 1. The van der Waals surface area contributed by atoms with Gasteiger partial charge in [-0.15, -0.1) is 0 Å². The Morgan fingerprint density at radius 1 is 1.04 bits per heavy atom. The van der Waals surface area contributed by atoms with Crippen molar-refractivity contribution in [2.45, 2.75) is 0 Å². The van der Waals surface area contributed by atoms with Crippen molar-refractivity contribution in [2.24, 2.45) is 0 Å². The van der Waals surface area contributed by atoms with Crippen molar-refractivity contribution < 1.29 is 24.1 Å². The number of H-pyrrole nitrogens is 1. The van der Waals surface area contributed by atoms with Gasteiger partial charge in [0.05, 0.1) is 21.3 Å². The summed E-state index contributed by atoms with van der Waals surface area (Å²) in [6.07, 6.45) is 1.64. The van der Waals surface area contributed by atoms with Gasteiger partial charge in [0.1, 0.15) is 5.75 Å². The highest BCUT2D eigenvalue weighted by Crippen LogP contribution is 2.38. The maximum absolute atomic E-state index is 12.9. The second-order valence-electron chi connectivity index (χ2n) is 5.17. The van der Waals surface area contributed by atoms with Gasteiger partial charge < -0.3 is 24.3 Å². The zero-order chi connectivity index (χ0) is 17.3. The topological polar surface area (TPSA) is 80.8 Å². The number of benzene rings is 2. The smallest absolute Gasteiger partial charge is 0.203 e. The van der Waals surface area contributed by atoms with Crippen LogP contribution in [0.4, 0.5) is 0 Å². The lowest BCUT2D eigenvalue weighted by atomic mass is 10.0. The Bertz CT molecular complexity index is 913. The molecular formula is C18H17NO5. The van der Waals surface area contributed by atoms with Gasteiger partial charge in [0.2, 0.25) is 5.75 Å². The largest absolute Gasteiger partial charge is 0.504 e. The fourth-order valence-electron chi connectivity index (χ4n) is 2.65. The normalized spacial score (nSPS) is 10.6. The Hall–Kier alpha value is -3.15. The number of aromatic hydroxyl groups is 1. The van der Waals surface area contributed by atoms with E-state index in [0.717, 1.165) is 10.9 Å². The third-order valence-corrected chi connectivity index (χ3v) is 3.86. The van der Waals surface area contributed by atoms with E-state index in [-0.39, 0.29) is 17.3 Å². The first-order valence-corrected chi connectivity index (χ1v) is 7.23. The highest BCUT2D eigenvalue weighted by molar-refractivity contribution is 6.16. The first-order chi connectivity index (χ1) is 11.6. The van der Waals surface area contributed by atoms with Crippen LogP contribution in [0.2, 0.25) is 0 Å². The number of methoxy groups -OCH3 is 3. The molecule has 0 aliphatic heterocycles. The van der Waals surface area contributed by atoms with Crippen LogP contribution in [0, 0.1) is 0 Å². The van der Waals surface area contributed by atoms with Crippen LogP contribution in [-0.4, -0.2) is 37.2 Å². The molecule has 0 unspecified atom stereocenters. The van der Waals surface area contributed by atoms with Gasteiger partial charge in [-0.05, 0) is 30.3 Å². The molecule has 6 heteroatoms. The van der Waals surface area contributed by atoms with Gasteiger partial charge in [-0.1, -0.05) is 0 Å². The van der Waals surface area contributed by atoms with Crippen LogP contribution in [0.1, 0.15) is 15.9 Å². The third kappa shape index (κ3) is 2.52. The third-order valence-electron chi connectivity index (χ3n) is 3.86. The lowest BCUT2D eigenvalue weighted by Gasteiger charge is -2.11. The molecule has 0 spiro atoms. The summed E-state index contributed by atoms with van der Waals surface area (Å²) in [6, 6.07) is 8.36. The summed E-state index contributed by atoms with van der Waals surface area (Å²) >= 11 is 0. The fourth-order valence-corrected chi connectivity index (χ4v) is 2.65. The summed E-state index contributed by atoms with van der Waals surface area (Å²) in [6.45, 7) is 0. The van der Waals surface area contributed by atoms with Crippen LogP contribution >= 0.6 is 0 Å². The predicted octanol–water partition coefficient (Wildman–Crippen LogP) is 3.13. The van der Waals surface area contributed by atoms with Crippen LogP contribution in [0.25, 0.3) is 10.9 Å². The molecule has 0 atom stereocenters. The Balaban J connectivity index is 2.11. The number of rotatable bonds is 5. The molecule has 3 rings (SSSR count). The van der Waals surface area contributed by atoms with Gasteiger partial charge in [-0.2, -0.15) is 0 Å². The van der Waals surface area contributed by atoms with Gasteiger partial charge in [0.15, 0.2) is 17.3 Å². The van der Waals surface area contributed by atoms with Crippen molar-refractivity contribution in [3.63, 3.8) is 0 Å². The van der Waals surface area contributed by atoms with Crippen molar-refractivity contribution in [3.8, 4) is 23.0 Å². The number of carbonyl (C=O) groups is 1. The van der Waals surface area contributed by atoms with Gasteiger partial charge in [-0.3, -0.25) is 4.79 Å². The molecule has 0 radical (unpaired) electrons. The molecule has 0 amide bonds. The SMILES string of the molecule is COc1ccc2[nH]cc(C(=O)c3cc(O)c(OC)c(OC)c3)c2c1. The standard InChI is InChI=1S/C18H17NO5/c1-22-11-4-5-14-12(8-11)13(9-19-14)17(21)10-6-15(20)18(24-3)16(7-10)23-2/h4-9,19-20H,1-3H3. The Morgan fingerprint density at radius 3 is 2.50 bits per heavy atom. The van der Waals surface area contributed by atoms with E-state index in [4.69, 9.17) is 14.2 Å². The molecule has 0 bridgehead atoms. The van der Waals surface area contributed by atoms with E-state index in [9.17, 15) is 9.90 Å². The van der Waals surface area contributed by atoms with Gasteiger partial charge in [0.25, 0.3) is 0 Å². The van der Waals surface area contributed by atoms with Crippen molar-refractivity contribution >= 4 is 16.7 Å². The number of hydrogen-bond acceptors (Lipinski definition) is 5. The zero-order valence-corrected chi connectivity index (χ0v) is 13.5. The molecular weight excluding hydrogens is 310 g/mol. The Kier molecular flexibility index (Phi) is 4.04. The minimum atomic E-state index is -0.245. The first-order valence-electron chi connectivity index (χ1n) is 7.23. The van der Waals surface area contributed by atoms with E-state index in [1.165, 1.54) is 20.3 Å². The maximum Gasteiger partial charge on any atom is 0.203 e. The van der Waals surface area contributed by atoms with E-state index in [2.05, 4.69) is 4.98 Å². The van der Waals surface area contributed by atoms with Crippen LogP contribution in [-0.2, 0) is 0 Å². The number of ether oxygens (including phenoxy) is 3. The van der Waals surface area contributed by atoms with Gasteiger partial charge in [-0.25, -0.2) is 0 Å². The fraction of sp³-hybridized carbons (Fsp3) is 0.167. The Labute approximate surface area is 138 Å². The van der Waals surface area contributed by atoms with Crippen LogP contribution in [0.5, 0.6) is 23.0 Å². The maximum atomic E-state index is 12.9. The molecule has 0 saturated carbocycles. The number of carbonyl (C=O) groups excluding carboxylic acids is 1. The minimum absolute atomic E-state index is 0.155. The molecule has 3 aromatic rings. The van der Waals surface area contributed by atoms with Crippen LogP contribution in [0.15, 0.2) is 36.5 Å². The molecule has 0 fully saturated rings. The van der Waals surface area contributed by atoms with Crippen molar-refractivity contribution in [1.29, 1.82) is 0 Å². The van der Waals surface area contributed by atoms with Crippen molar-refractivity contribution in [1.82, 2.24) is 4.98 Å². The highest BCUT2D eigenvalue weighted by atomic mass is 16.5. The second-order valence-corrected chi connectivity index (χ2v) is 5.17. The molecule has 2 N–H and O–H groups in total. The second kappa shape index (κ2) is 6.16. The monoisotopic (exact) mass is 327 g/mol. The molecule has 1 aromatic heterocycles. The predicted molar refractivity (Wildman–Crippen MR) is 89.5 cm³/mol. The number of hydrogen-bond donors (Lipinski definition) is 2. The van der Waals surface area contributed by atoms with Gasteiger partial charge in [0, 0.05) is 28.2 Å². The van der Waals surface area contributed by atoms with Crippen LogP contribution < -0.4 is 14.2 Å². The number of phenolic OH excluding ortho intramolecular Hbond substituents is 1. The molecule has 1 heterocycles. The molecule has 0 aliphatic rings. The highest BCUT2D eigenvalue weighted by Gasteiger charge is 2.19. The average Bonchev–Trinajstić information content (AvgIpc) is 3.03. The molecule has 0 aliphatic carbocycles. The van der Waals surface area contributed by atoms with E-state index in [1.807, 2.05) is 12.1 Å². The number of aromatic nitrogens is 1. The summed E-state index contributed by atoms with van der Waals surface area (Å²) in [5.41, 5.74) is 1.60. The number of nitrogens with one attached hydrogen (secondary N) is 1. The summed E-state index contributed by atoms with van der Waals surface area (Å²) in [7, 11) is 4.44. The Morgan fingerprint density at radius 2 is 1.83 bits per heavy atom. The van der Waals surface area contributed by atoms with Crippen molar-refractivity contribution in [2.75, 3.05) is 21.3 Å². The summed E-state index contributed by atoms with van der Waals surface area (Å²) < 4.78 is 15.5.